The van der Waals surface area contributed by atoms with Crippen LogP contribution in [0.1, 0.15) is 67.9 Å². The summed E-state index contributed by atoms with van der Waals surface area (Å²) in [6.07, 6.45) is 4.52. The van der Waals surface area contributed by atoms with E-state index < -0.39 is 0 Å². The minimum absolute atomic E-state index is 0.0393. The average Bonchev–Trinajstić information content (AvgIpc) is 3.23. The number of aryl methyl sites for hydroxylation is 1. The maximum Gasteiger partial charge on any atom is 0.271 e. The number of nitrogens with zero attached hydrogens (tertiary/aromatic N) is 4. The molecule has 0 saturated carbocycles. The van der Waals surface area contributed by atoms with Crippen molar-refractivity contribution in [3.05, 3.63) is 35.7 Å². The molecule has 118 valence electrons. The lowest BCUT2D eigenvalue weighted by atomic mass is 10.2. The summed E-state index contributed by atoms with van der Waals surface area (Å²) < 4.78 is 7.36. The van der Waals surface area contributed by atoms with Gasteiger partial charge in [-0.15, -0.1) is 0 Å². The second-order valence-electron chi connectivity index (χ2n) is 5.95. The molecular formula is C16H22N4O2. The second kappa shape index (κ2) is 5.94. The molecule has 6 nitrogen and oxygen atoms in total. The summed E-state index contributed by atoms with van der Waals surface area (Å²) in [5, 5.41) is 3.95. The van der Waals surface area contributed by atoms with E-state index in [2.05, 4.69) is 24.0 Å². The lowest BCUT2D eigenvalue weighted by Gasteiger charge is -2.23. The van der Waals surface area contributed by atoms with Crippen LogP contribution in [0.5, 0.6) is 0 Å². The van der Waals surface area contributed by atoms with Gasteiger partial charge in [-0.3, -0.25) is 4.79 Å². The zero-order valence-electron chi connectivity index (χ0n) is 13.3. The Hall–Kier alpha value is -2.11. The number of carbonyl (C=O) groups excluding carboxylic acids is 1. The first-order valence-corrected chi connectivity index (χ1v) is 7.92. The molecular weight excluding hydrogens is 280 g/mol. The number of amides is 1. The molecule has 3 heterocycles. The van der Waals surface area contributed by atoms with Crippen LogP contribution >= 0.6 is 0 Å². The summed E-state index contributed by atoms with van der Waals surface area (Å²) >= 11 is 0. The van der Waals surface area contributed by atoms with Gasteiger partial charge in [0.15, 0.2) is 5.82 Å². The molecule has 0 aromatic carbocycles. The number of carbonyl (C=O) groups is 1. The number of aromatic nitrogens is 3. The van der Waals surface area contributed by atoms with E-state index in [4.69, 9.17) is 4.52 Å². The largest absolute Gasteiger partial charge is 0.341 e. The third kappa shape index (κ3) is 2.53. The van der Waals surface area contributed by atoms with E-state index in [9.17, 15) is 4.79 Å². The van der Waals surface area contributed by atoms with Crippen LogP contribution in [0.15, 0.2) is 22.9 Å². The molecule has 0 spiro atoms. The zero-order chi connectivity index (χ0) is 15.7. The van der Waals surface area contributed by atoms with Crippen molar-refractivity contribution in [1.82, 2.24) is 19.6 Å². The highest BCUT2D eigenvalue weighted by Gasteiger charge is 2.35. The number of hydrogen-bond acceptors (Lipinski definition) is 4. The van der Waals surface area contributed by atoms with Crippen LogP contribution in [-0.4, -0.2) is 32.1 Å². The van der Waals surface area contributed by atoms with Gasteiger partial charge in [-0.2, -0.15) is 4.98 Å². The molecule has 2 aromatic heterocycles. The molecule has 1 saturated heterocycles. The number of likely N-dealkylation sites (tertiary alicyclic amines) is 1. The molecule has 0 bridgehead atoms. The maximum absolute atomic E-state index is 12.9. The van der Waals surface area contributed by atoms with Gasteiger partial charge in [0.2, 0.25) is 5.89 Å². The summed E-state index contributed by atoms with van der Waals surface area (Å²) in [7, 11) is 0. The van der Waals surface area contributed by atoms with Crippen molar-refractivity contribution in [2.24, 2.45) is 0 Å². The van der Waals surface area contributed by atoms with Gasteiger partial charge in [-0.1, -0.05) is 12.1 Å². The monoisotopic (exact) mass is 302 g/mol. The van der Waals surface area contributed by atoms with Crippen LogP contribution in [0.2, 0.25) is 0 Å². The summed E-state index contributed by atoms with van der Waals surface area (Å²) in [5.41, 5.74) is 0.720. The third-order valence-electron chi connectivity index (χ3n) is 4.15. The number of hydrogen-bond donors (Lipinski definition) is 0. The van der Waals surface area contributed by atoms with Crippen LogP contribution < -0.4 is 0 Å². The average molecular weight is 302 g/mol. The molecule has 0 aliphatic carbocycles. The lowest BCUT2D eigenvalue weighted by Crippen LogP contribution is -2.32. The lowest BCUT2D eigenvalue weighted by molar-refractivity contribution is 0.0697. The first-order chi connectivity index (χ1) is 10.6. The minimum atomic E-state index is -0.101. The van der Waals surface area contributed by atoms with Crippen molar-refractivity contribution >= 4 is 5.91 Å². The quantitative estimate of drug-likeness (QED) is 0.871. The summed E-state index contributed by atoms with van der Waals surface area (Å²) in [5.74, 6) is 1.29. The van der Waals surface area contributed by atoms with Gasteiger partial charge < -0.3 is 14.0 Å². The molecule has 0 N–H and O–H groups in total. The van der Waals surface area contributed by atoms with Gasteiger partial charge in [0.05, 0.1) is 0 Å². The van der Waals surface area contributed by atoms with E-state index in [1.165, 1.54) is 0 Å². The topological polar surface area (TPSA) is 64.2 Å². The fraction of sp³-hybridized carbons (Fsp3) is 0.562. The highest BCUT2D eigenvalue weighted by molar-refractivity contribution is 5.93. The van der Waals surface area contributed by atoms with Gasteiger partial charge in [-0.25, -0.2) is 0 Å². The van der Waals surface area contributed by atoms with E-state index >= 15 is 0 Å². The Kier molecular flexibility index (Phi) is 4.00. The van der Waals surface area contributed by atoms with Crippen molar-refractivity contribution in [1.29, 1.82) is 0 Å². The van der Waals surface area contributed by atoms with Gasteiger partial charge in [0.25, 0.3) is 5.91 Å². The van der Waals surface area contributed by atoms with E-state index in [-0.39, 0.29) is 18.0 Å². The van der Waals surface area contributed by atoms with Gasteiger partial charge in [-0.05, 0) is 38.8 Å². The van der Waals surface area contributed by atoms with Crippen LogP contribution in [0.4, 0.5) is 0 Å². The first-order valence-electron chi connectivity index (χ1n) is 7.92. The molecule has 1 unspecified atom stereocenters. The highest BCUT2D eigenvalue weighted by Crippen LogP contribution is 2.32. The zero-order valence-corrected chi connectivity index (χ0v) is 13.3. The minimum Gasteiger partial charge on any atom is -0.341 e. The Morgan fingerprint density at radius 3 is 3.00 bits per heavy atom. The van der Waals surface area contributed by atoms with Crippen molar-refractivity contribution in [3.8, 4) is 0 Å². The normalized spacial score (nSPS) is 18.4. The van der Waals surface area contributed by atoms with Crippen molar-refractivity contribution in [2.75, 3.05) is 6.54 Å². The van der Waals surface area contributed by atoms with E-state index in [1.54, 1.807) is 0 Å². The second-order valence-corrected chi connectivity index (χ2v) is 5.95. The Morgan fingerprint density at radius 1 is 1.50 bits per heavy atom. The van der Waals surface area contributed by atoms with Gasteiger partial charge in [0.1, 0.15) is 11.7 Å². The van der Waals surface area contributed by atoms with Crippen LogP contribution in [0.3, 0.4) is 0 Å². The molecule has 1 aliphatic heterocycles. The Bertz CT molecular complexity index is 659. The Labute approximate surface area is 130 Å². The summed E-state index contributed by atoms with van der Waals surface area (Å²) in [4.78, 5) is 19.2. The smallest absolute Gasteiger partial charge is 0.271 e. The highest BCUT2D eigenvalue weighted by atomic mass is 16.5. The third-order valence-corrected chi connectivity index (χ3v) is 4.15. The van der Waals surface area contributed by atoms with Gasteiger partial charge in [0, 0.05) is 25.2 Å². The Balaban J connectivity index is 1.86. The molecule has 1 fully saturated rings. The van der Waals surface area contributed by atoms with Crippen molar-refractivity contribution < 1.29 is 9.32 Å². The summed E-state index contributed by atoms with van der Waals surface area (Å²) in [6.45, 7) is 6.87. The van der Waals surface area contributed by atoms with Crippen LogP contribution in [0.25, 0.3) is 0 Å². The predicted octanol–water partition coefficient (Wildman–Crippen LogP) is 2.99. The molecule has 2 aromatic rings. The molecule has 3 rings (SSSR count). The van der Waals surface area contributed by atoms with E-state index in [0.717, 1.165) is 31.5 Å². The maximum atomic E-state index is 12.9. The van der Waals surface area contributed by atoms with Crippen molar-refractivity contribution in [3.63, 3.8) is 0 Å². The molecule has 1 atom stereocenters. The van der Waals surface area contributed by atoms with Crippen LogP contribution in [-0.2, 0) is 6.42 Å². The van der Waals surface area contributed by atoms with Gasteiger partial charge >= 0.3 is 0 Å². The SMILES string of the molecule is CCc1noc(C2CCCN2C(=O)c2cccn2C(C)C)n1. The van der Waals surface area contributed by atoms with Crippen molar-refractivity contribution in [2.45, 2.75) is 52.1 Å². The standard InChI is InChI=1S/C16H22N4O2/c1-4-14-17-15(22-18-14)12-7-5-10-20(12)16(21)13-8-6-9-19(13)11(2)3/h6,8-9,11-12H,4-5,7,10H2,1-3H3. The molecule has 1 amide bonds. The number of rotatable bonds is 4. The predicted molar refractivity (Wildman–Crippen MR) is 81.5 cm³/mol. The molecule has 22 heavy (non-hydrogen) atoms. The molecule has 1 aliphatic rings. The van der Waals surface area contributed by atoms with Crippen LogP contribution in [0, 0.1) is 0 Å². The molecule has 6 heteroatoms. The molecule has 0 radical (unpaired) electrons. The van der Waals surface area contributed by atoms with E-state index in [1.807, 2.05) is 34.7 Å². The fourth-order valence-corrected chi connectivity index (χ4v) is 2.99. The van der Waals surface area contributed by atoms with E-state index in [0.29, 0.717) is 11.7 Å². The first kappa shape index (κ1) is 14.8. The summed E-state index contributed by atoms with van der Waals surface area (Å²) in [6, 6.07) is 3.95. The fourth-order valence-electron chi connectivity index (χ4n) is 2.99. The Morgan fingerprint density at radius 2 is 2.32 bits per heavy atom.